The summed E-state index contributed by atoms with van der Waals surface area (Å²) in [6, 6.07) is 10.3. The molecule has 0 aromatic heterocycles. The van der Waals surface area contributed by atoms with Gasteiger partial charge in [-0.15, -0.1) is 0 Å². The molecule has 30 heavy (non-hydrogen) atoms. The Morgan fingerprint density at radius 1 is 0.767 bits per heavy atom. The number of hydrogen-bond acceptors (Lipinski definition) is 5. The van der Waals surface area contributed by atoms with E-state index in [1.165, 1.54) is 0 Å². The van der Waals surface area contributed by atoms with Gasteiger partial charge in [0.05, 0.1) is 39.5 Å². The van der Waals surface area contributed by atoms with Crippen LogP contribution in [0.5, 0.6) is 23.0 Å². The van der Waals surface area contributed by atoms with Crippen LogP contribution in [0.1, 0.15) is 50.9 Å². The van der Waals surface area contributed by atoms with Crippen molar-refractivity contribution < 1.29 is 23.7 Å². The van der Waals surface area contributed by atoms with Crippen LogP contribution in [0.3, 0.4) is 0 Å². The fraction of sp³-hybridized carbons (Fsp3) is 0.435. The molecule has 0 fully saturated rings. The zero-order valence-electron chi connectivity index (χ0n) is 18.7. The first-order chi connectivity index (χ1) is 14.3. The van der Waals surface area contributed by atoms with Crippen molar-refractivity contribution in [2.45, 2.75) is 45.9 Å². The highest BCUT2D eigenvalue weighted by Crippen LogP contribution is 2.31. The lowest BCUT2D eigenvalue weighted by Crippen LogP contribution is -2.38. The maximum Gasteiger partial charge on any atom is 0.315 e. The van der Waals surface area contributed by atoms with Gasteiger partial charge in [0.1, 0.15) is 11.5 Å². The molecule has 0 heterocycles. The Hall–Kier alpha value is -3.09. The van der Waals surface area contributed by atoms with Gasteiger partial charge in [0.15, 0.2) is 11.5 Å². The predicted octanol–water partition coefficient (Wildman–Crippen LogP) is 4.62. The number of rotatable bonds is 9. The zero-order valence-corrected chi connectivity index (χ0v) is 18.7. The van der Waals surface area contributed by atoms with Crippen LogP contribution in [0.2, 0.25) is 0 Å². The Balaban J connectivity index is 2.07. The molecule has 0 aliphatic heterocycles. The van der Waals surface area contributed by atoms with Crippen molar-refractivity contribution in [3.8, 4) is 23.0 Å². The van der Waals surface area contributed by atoms with Crippen molar-refractivity contribution in [2.24, 2.45) is 0 Å². The molecule has 2 amide bonds. The molecule has 0 saturated carbocycles. The number of carbonyl (C=O) groups excluding carboxylic acids is 1. The minimum Gasteiger partial charge on any atom is -0.497 e. The lowest BCUT2D eigenvalue weighted by atomic mass is 10.1. The highest BCUT2D eigenvalue weighted by molar-refractivity contribution is 5.75. The summed E-state index contributed by atoms with van der Waals surface area (Å²) in [6.07, 6.45) is 0.0427. The third-order valence-electron chi connectivity index (χ3n) is 4.65. The molecule has 7 nitrogen and oxygen atoms in total. The first-order valence-corrected chi connectivity index (χ1v) is 9.92. The molecule has 0 aliphatic carbocycles. The fourth-order valence-corrected chi connectivity index (χ4v) is 3.08. The normalized spacial score (nSPS) is 12.7. The van der Waals surface area contributed by atoms with Crippen molar-refractivity contribution in [1.29, 1.82) is 0 Å². The van der Waals surface area contributed by atoms with E-state index in [1.807, 2.05) is 64.1 Å². The standard InChI is InChI=1S/C23H32N2O5/c1-14(2)30-21-10-8-17(12-22(21)29-7)15(3)24-23(26)25-16(4)19-13-18(27-5)9-11-20(19)28-6/h8-16H,1-7H3,(H2,24,25,26). The number of methoxy groups -OCH3 is 3. The van der Waals surface area contributed by atoms with Crippen LogP contribution in [0.4, 0.5) is 4.79 Å². The molecular weight excluding hydrogens is 384 g/mol. The van der Waals surface area contributed by atoms with E-state index in [2.05, 4.69) is 10.6 Å². The van der Waals surface area contributed by atoms with Gasteiger partial charge in [-0.1, -0.05) is 6.07 Å². The van der Waals surface area contributed by atoms with Crippen molar-refractivity contribution >= 4 is 6.03 Å². The summed E-state index contributed by atoms with van der Waals surface area (Å²) in [5, 5.41) is 5.90. The lowest BCUT2D eigenvalue weighted by molar-refractivity contribution is 0.229. The van der Waals surface area contributed by atoms with Gasteiger partial charge in [0.25, 0.3) is 0 Å². The molecule has 164 valence electrons. The maximum atomic E-state index is 12.6. The number of ether oxygens (including phenoxy) is 4. The topological polar surface area (TPSA) is 78.1 Å². The lowest BCUT2D eigenvalue weighted by Gasteiger charge is -2.21. The van der Waals surface area contributed by atoms with Crippen LogP contribution in [0, 0.1) is 0 Å². The van der Waals surface area contributed by atoms with E-state index in [4.69, 9.17) is 18.9 Å². The average Bonchev–Trinajstić information content (AvgIpc) is 2.72. The van der Waals surface area contributed by atoms with Gasteiger partial charge in [-0.2, -0.15) is 0 Å². The second-order valence-corrected chi connectivity index (χ2v) is 7.25. The van der Waals surface area contributed by atoms with Gasteiger partial charge < -0.3 is 29.6 Å². The smallest absolute Gasteiger partial charge is 0.315 e. The van der Waals surface area contributed by atoms with Crippen LogP contribution in [-0.4, -0.2) is 33.5 Å². The van der Waals surface area contributed by atoms with Gasteiger partial charge in [-0.25, -0.2) is 4.79 Å². The van der Waals surface area contributed by atoms with Crippen LogP contribution < -0.4 is 29.6 Å². The van der Waals surface area contributed by atoms with Gasteiger partial charge >= 0.3 is 6.03 Å². The van der Waals surface area contributed by atoms with E-state index >= 15 is 0 Å². The number of urea groups is 1. The Kier molecular flexibility index (Phi) is 8.21. The molecule has 2 unspecified atom stereocenters. The summed E-state index contributed by atoms with van der Waals surface area (Å²) in [5.41, 5.74) is 1.74. The largest absolute Gasteiger partial charge is 0.497 e. The fourth-order valence-electron chi connectivity index (χ4n) is 3.08. The Morgan fingerprint density at radius 3 is 2.00 bits per heavy atom. The Morgan fingerprint density at radius 2 is 1.40 bits per heavy atom. The molecule has 2 atom stereocenters. The van der Waals surface area contributed by atoms with E-state index in [0.29, 0.717) is 23.0 Å². The first-order valence-electron chi connectivity index (χ1n) is 9.92. The molecule has 2 N–H and O–H groups in total. The van der Waals surface area contributed by atoms with Crippen molar-refractivity contribution in [1.82, 2.24) is 10.6 Å². The van der Waals surface area contributed by atoms with Gasteiger partial charge in [0, 0.05) is 5.56 Å². The van der Waals surface area contributed by atoms with Crippen LogP contribution in [0.15, 0.2) is 36.4 Å². The van der Waals surface area contributed by atoms with Crippen molar-refractivity contribution in [3.63, 3.8) is 0 Å². The van der Waals surface area contributed by atoms with Gasteiger partial charge in [-0.3, -0.25) is 0 Å². The number of amides is 2. The van der Waals surface area contributed by atoms with E-state index in [1.54, 1.807) is 21.3 Å². The molecule has 2 aromatic rings. The van der Waals surface area contributed by atoms with E-state index in [0.717, 1.165) is 11.1 Å². The summed E-state index contributed by atoms with van der Waals surface area (Å²) in [6.45, 7) is 7.72. The number of benzene rings is 2. The van der Waals surface area contributed by atoms with Crippen LogP contribution in [-0.2, 0) is 0 Å². The molecule has 2 rings (SSSR count). The quantitative estimate of drug-likeness (QED) is 0.624. The minimum absolute atomic E-state index is 0.0427. The molecule has 0 spiro atoms. The zero-order chi connectivity index (χ0) is 22.3. The molecule has 0 saturated heterocycles. The Bertz CT molecular complexity index is 853. The third kappa shape index (κ3) is 5.95. The summed E-state index contributed by atoms with van der Waals surface area (Å²) in [5.74, 6) is 2.68. The van der Waals surface area contributed by atoms with E-state index < -0.39 is 0 Å². The highest BCUT2D eigenvalue weighted by Gasteiger charge is 2.18. The predicted molar refractivity (Wildman–Crippen MR) is 117 cm³/mol. The van der Waals surface area contributed by atoms with Crippen LogP contribution in [0.25, 0.3) is 0 Å². The molecule has 7 heteroatoms. The monoisotopic (exact) mass is 416 g/mol. The number of carbonyl (C=O) groups is 1. The highest BCUT2D eigenvalue weighted by atomic mass is 16.5. The van der Waals surface area contributed by atoms with Gasteiger partial charge in [-0.05, 0) is 63.6 Å². The SMILES string of the molecule is COc1ccc(OC)c(C(C)NC(=O)NC(C)c2ccc(OC(C)C)c(OC)c2)c1. The van der Waals surface area contributed by atoms with E-state index in [9.17, 15) is 4.79 Å². The molecule has 0 bridgehead atoms. The summed E-state index contributed by atoms with van der Waals surface area (Å²) >= 11 is 0. The van der Waals surface area contributed by atoms with Crippen molar-refractivity contribution in [2.75, 3.05) is 21.3 Å². The number of hydrogen-bond donors (Lipinski definition) is 2. The molecule has 2 aromatic carbocycles. The maximum absolute atomic E-state index is 12.6. The summed E-state index contributed by atoms with van der Waals surface area (Å²) in [7, 11) is 4.80. The minimum atomic E-state index is -0.290. The summed E-state index contributed by atoms with van der Waals surface area (Å²) < 4.78 is 21.9. The summed E-state index contributed by atoms with van der Waals surface area (Å²) in [4.78, 5) is 12.6. The van der Waals surface area contributed by atoms with Crippen LogP contribution >= 0.6 is 0 Å². The number of nitrogens with one attached hydrogen (secondary N) is 2. The molecule has 0 aliphatic rings. The second-order valence-electron chi connectivity index (χ2n) is 7.25. The van der Waals surface area contributed by atoms with Gasteiger partial charge in [0.2, 0.25) is 0 Å². The van der Waals surface area contributed by atoms with Crippen molar-refractivity contribution in [3.05, 3.63) is 47.5 Å². The third-order valence-corrected chi connectivity index (χ3v) is 4.65. The average molecular weight is 417 g/mol. The Labute approximate surface area is 178 Å². The molecule has 0 radical (unpaired) electrons. The van der Waals surface area contributed by atoms with E-state index in [-0.39, 0.29) is 24.2 Å². The second kappa shape index (κ2) is 10.6. The first kappa shape index (κ1) is 23.2. The molecular formula is C23H32N2O5.